The number of aliphatic carboxylic acids is 1. The van der Waals surface area contributed by atoms with E-state index in [1.165, 1.54) is 25.3 Å². The molecule has 0 radical (unpaired) electrons. The van der Waals surface area contributed by atoms with Crippen molar-refractivity contribution in [2.45, 2.75) is 56.8 Å². The van der Waals surface area contributed by atoms with Gasteiger partial charge in [-0.3, -0.25) is 24.2 Å². The van der Waals surface area contributed by atoms with Crippen LogP contribution in [0.5, 0.6) is 0 Å². The number of nitrogens with one attached hydrogen (secondary N) is 3. The Balaban J connectivity index is 1.87. The fraction of sp³-hybridized carbons (Fsp3) is 0.500. The SMILES string of the molecule is C[C@@H](NC(=O)c1ccnc(CNC(=O)CCC(=O)NC(CS)C(=O)O)c1)C(=O)N1CC(F)(F)C[C@H]1C#N. The van der Waals surface area contributed by atoms with E-state index in [1.54, 1.807) is 6.07 Å². The minimum atomic E-state index is -3.18. The number of nitriles is 1. The van der Waals surface area contributed by atoms with Crippen molar-refractivity contribution in [2.24, 2.45) is 0 Å². The maximum Gasteiger partial charge on any atom is 0.327 e. The van der Waals surface area contributed by atoms with Crippen LogP contribution in [0.25, 0.3) is 0 Å². The third-order valence-electron chi connectivity index (χ3n) is 5.36. The first kappa shape index (κ1) is 29.4. The molecule has 0 bridgehead atoms. The second-order valence-corrected chi connectivity index (χ2v) is 8.68. The van der Waals surface area contributed by atoms with Crippen LogP contribution in [0, 0.1) is 11.3 Å². The first-order valence-electron chi connectivity index (χ1n) is 11.1. The second kappa shape index (κ2) is 12.9. The number of nitrogens with zero attached hydrogens (tertiary/aromatic N) is 3. The zero-order chi connectivity index (χ0) is 27.8. The second-order valence-electron chi connectivity index (χ2n) is 8.32. The van der Waals surface area contributed by atoms with Crippen molar-refractivity contribution in [3.8, 4) is 6.07 Å². The summed E-state index contributed by atoms with van der Waals surface area (Å²) >= 11 is 3.83. The smallest absolute Gasteiger partial charge is 0.327 e. The Morgan fingerprint density at radius 1 is 1.27 bits per heavy atom. The van der Waals surface area contributed by atoms with Crippen molar-refractivity contribution in [3.05, 3.63) is 29.6 Å². The third kappa shape index (κ3) is 8.67. The molecule has 1 fully saturated rings. The van der Waals surface area contributed by atoms with Gasteiger partial charge in [0.25, 0.3) is 11.8 Å². The summed E-state index contributed by atoms with van der Waals surface area (Å²) in [6.45, 7) is 0.329. The fourth-order valence-corrected chi connectivity index (χ4v) is 3.67. The third-order valence-corrected chi connectivity index (χ3v) is 5.73. The van der Waals surface area contributed by atoms with Gasteiger partial charge >= 0.3 is 5.97 Å². The zero-order valence-corrected chi connectivity index (χ0v) is 20.6. The van der Waals surface area contributed by atoms with Crippen molar-refractivity contribution in [2.75, 3.05) is 12.3 Å². The van der Waals surface area contributed by atoms with Gasteiger partial charge in [-0.1, -0.05) is 0 Å². The number of rotatable bonds is 11. The Bertz CT molecular complexity index is 1100. The number of amides is 4. The Labute approximate surface area is 216 Å². The van der Waals surface area contributed by atoms with Crippen LogP contribution in [0.1, 0.15) is 42.2 Å². The molecule has 4 N–H and O–H groups in total. The van der Waals surface area contributed by atoms with Crippen molar-refractivity contribution in [1.29, 1.82) is 5.26 Å². The number of halogens is 2. The molecule has 1 aliphatic rings. The number of alkyl halides is 2. The molecule has 1 saturated heterocycles. The number of aromatic nitrogens is 1. The van der Waals surface area contributed by atoms with Crippen LogP contribution in [-0.4, -0.2) is 80.9 Å². The van der Waals surface area contributed by atoms with E-state index >= 15 is 0 Å². The van der Waals surface area contributed by atoms with Gasteiger partial charge in [-0.25, -0.2) is 13.6 Å². The van der Waals surface area contributed by atoms with Crippen LogP contribution in [-0.2, 0) is 25.7 Å². The topological polar surface area (TPSA) is 182 Å². The molecule has 0 spiro atoms. The van der Waals surface area contributed by atoms with Crippen molar-refractivity contribution in [3.63, 3.8) is 0 Å². The van der Waals surface area contributed by atoms with Crippen LogP contribution in [0.3, 0.4) is 0 Å². The predicted molar refractivity (Wildman–Crippen MR) is 126 cm³/mol. The van der Waals surface area contributed by atoms with Crippen LogP contribution >= 0.6 is 12.6 Å². The molecule has 37 heavy (non-hydrogen) atoms. The highest BCUT2D eigenvalue weighted by Crippen LogP contribution is 2.32. The van der Waals surface area contributed by atoms with Crippen LogP contribution in [0.4, 0.5) is 8.78 Å². The molecule has 0 aromatic carbocycles. The Morgan fingerprint density at radius 3 is 2.57 bits per heavy atom. The minimum absolute atomic E-state index is 0.0862. The zero-order valence-electron chi connectivity index (χ0n) is 19.7. The van der Waals surface area contributed by atoms with Crippen LogP contribution < -0.4 is 16.0 Å². The van der Waals surface area contributed by atoms with E-state index in [9.17, 15) is 32.8 Å². The average Bonchev–Trinajstić information content (AvgIpc) is 3.18. The number of carbonyl (C=O) groups is 5. The molecule has 15 heteroatoms. The van der Waals surface area contributed by atoms with E-state index in [0.29, 0.717) is 0 Å². The summed E-state index contributed by atoms with van der Waals surface area (Å²) in [6.07, 6.45) is 0.0652. The van der Waals surface area contributed by atoms with E-state index in [2.05, 4.69) is 33.6 Å². The first-order chi connectivity index (χ1) is 17.4. The van der Waals surface area contributed by atoms with Crippen molar-refractivity contribution >= 4 is 42.2 Å². The van der Waals surface area contributed by atoms with E-state index in [0.717, 1.165) is 4.90 Å². The number of pyridine rings is 1. The van der Waals surface area contributed by atoms with Gasteiger partial charge in [0, 0.05) is 36.8 Å². The quantitative estimate of drug-likeness (QED) is 0.240. The Hall–Kier alpha value is -3.80. The highest BCUT2D eigenvalue weighted by atomic mass is 32.1. The molecule has 1 aromatic rings. The molecular weight excluding hydrogens is 514 g/mol. The predicted octanol–water partition coefficient (Wildman–Crippen LogP) is -0.145. The molecule has 1 aliphatic heterocycles. The number of hydrogen-bond donors (Lipinski definition) is 5. The van der Waals surface area contributed by atoms with E-state index in [1.807, 2.05) is 0 Å². The van der Waals surface area contributed by atoms with Gasteiger partial charge in [0.05, 0.1) is 24.9 Å². The van der Waals surface area contributed by atoms with Crippen LogP contribution in [0.15, 0.2) is 18.3 Å². The summed E-state index contributed by atoms with van der Waals surface area (Å²) < 4.78 is 27.3. The average molecular weight is 541 g/mol. The van der Waals surface area contributed by atoms with Gasteiger partial charge in [0.2, 0.25) is 17.7 Å². The van der Waals surface area contributed by atoms with Crippen molar-refractivity contribution in [1.82, 2.24) is 25.8 Å². The lowest BCUT2D eigenvalue weighted by molar-refractivity contribution is -0.141. The maximum atomic E-state index is 13.6. The normalized spacial score (nSPS) is 17.7. The first-order valence-corrected chi connectivity index (χ1v) is 11.7. The molecule has 0 aliphatic carbocycles. The molecule has 1 aromatic heterocycles. The molecule has 4 amide bonds. The molecule has 2 heterocycles. The van der Waals surface area contributed by atoms with E-state index in [4.69, 9.17) is 10.4 Å². The van der Waals surface area contributed by atoms with Gasteiger partial charge in [-0.15, -0.1) is 0 Å². The Kier molecular flexibility index (Phi) is 10.3. The largest absolute Gasteiger partial charge is 0.480 e. The van der Waals surface area contributed by atoms with Gasteiger partial charge in [-0.05, 0) is 19.1 Å². The number of carboxylic acids is 1. The lowest BCUT2D eigenvalue weighted by Gasteiger charge is -2.23. The molecule has 3 atom stereocenters. The molecule has 1 unspecified atom stereocenters. The molecular formula is C22H26F2N6O6S. The lowest BCUT2D eigenvalue weighted by Crippen LogP contribution is -2.48. The Morgan fingerprint density at radius 2 is 1.95 bits per heavy atom. The number of thiol groups is 1. The lowest BCUT2D eigenvalue weighted by atomic mass is 10.1. The fourth-order valence-electron chi connectivity index (χ4n) is 3.43. The van der Waals surface area contributed by atoms with Gasteiger partial charge < -0.3 is 26.0 Å². The minimum Gasteiger partial charge on any atom is -0.480 e. The monoisotopic (exact) mass is 540 g/mol. The molecule has 2 rings (SSSR count). The number of hydrogen-bond acceptors (Lipinski definition) is 8. The van der Waals surface area contributed by atoms with Crippen molar-refractivity contribution < 1.29 is 37.9 Å². The highest BCUT2D eigenvalue weighted by Gasteiger charge is 2.48. The molecule has 200 valence electrons. The maximum absolute atomic E-state index is 13.6. The summed E-state index contributed by atoms with van der Waals surface area (Å²) in [4.78, 5) is 64.6. The molecule has 12 nitrogen and oxygen atoms in total. The standard InChI is InChI=1S/C22H26F2N6O6S/c1-12(20(34)30-11-22(23,24)7-15(30)8-25)28-19(33)13-4-5-26-14(6-13)9-27-17(31)2-3-18(32)29-16(10-37)21(35)36/h4-6,12,15-16,37H,2-3,7,9-11H2,1H3,(H,27,31)(H,28,33)(H,29,32)(H,35,36)/t12-,15+,16?/m1/s1. The summed E-state index contributed by atoms with van der Waals surface area (Å²) in [5.74, 6) is -7.18. The van der Waals surface area contributed by atoms with E-state index < -0.39 is 66.6 Å². The van der Waals surface area contributed by atoms with Crippen LogP contribution in [0.2, 0.25) is 0 Å². The number of carboxylic acid groups (broad SMARTS) is 1. The number of likely N-dealkylation sites (tertiary alicyclic amines) is 1. The number of carbonyl (C=O) groups excluding carboxylic acids is 4. The van der Waals surface area contributed by atoms with Gasteiger partial charge in [0.1, 0.15) is 18.1 Å². The highest BCUT2D eigenvalue weighted by molar-refractivity contribution is 7.80. The summed E-state index contributed by atoms with van der Waals surface area (Å²) in [6, 6.07) is 0.745. The van der Waals surface area contributed by atoms with Gasteiger partial charge in [-0.2, -0.15) is 17.9 Å². The van der Waals surface area contributed by atoms with Gasteiger partial charge in [0.15, 0.2) is 0 Å². The molecule has 0 saturated carbocycles. The summed E-state index contributed by atoms with van der Waals surface area (Å²) in [7, 11) is 0. The summed E-state index contributed by atoms with van der Waals surface area (Å²) in [5, 5.41) is 25.1. The summed E-state index contributed by atoms with van der Waals surface area (Å²) in [5.41, 5.74) is 0.377. The van der Waals surface area contributed by atoms with E-state index in [-0.39, 0.29) is 36.4 Å².